The predicted octanol–water partition coefficient (Wildman–Crippen LogP) is 5.20. The fourth-order valence-electron chi connectivity index (χ4n) is 2.85. The van der Waals surface area contributed by atoms with E-state index in [1.165, 1.54) is 0 Å². The molecule has 140 valence electrons. The second-order valence-electron chi connectivity index (χ2n) is 6.22. The molecule has 0 atom stereocenters. The Morgan fingerprint density at radius 1 is 1.11 bits per heavy atom. The Labute approximate surface area is 170 Å². The highest BCUT2D eigenvalue weighted by atomic mass is 79.9. The zero-order chi connectivity index (χ0) is 19.5. The Hall–Kier alpha value is -3.12. The topological polar surface area (TPSA) is 64.4 Å². The van der Waals surface area contributed by atoms with Crippen molar-refractivity contribution in [3.8, 4) is 17.2 Å². The van der Waals surface area contributed by atoms with E-state index in [9.17, 15) is 4.79 Å². The van der Waals surface area contributed by atoms with Gasteiger partial charge in [0.05, 0.1) is 11.6 Å². The molecule has 0 aliphatic carbocycles. The number of hydrogen-bond donors (Lipinski definition) is 1. The highest BCUT2D eigenvalue weighted by Gasteiger charge is 2.10. The van der Waals surface area contributed by atoms with Gasteiger partial charge < -0.3 is 14.5 Å². The Balaban J connectivity index is 1.43. The number of ether oxygens (including phenoxy) is 1. The van der Waals surface area contributed by atoms with Crippen molar-refractivity contribution in [3.05, 3.63) is 82.3 Å². The maximum absolute atomic E-state index is 12.4. The molecule has 0 saturated carbocycles. The zero-order valence-corrected chi connectivity index (χ0v) is 16.7. The molecule has 1 heterocycles. The van der Waals surface area contributed by atoms with E-state index in [1.54, 1.807) is 25.3 Å². The highest BCUT2D eigenvalue weighted by Crippen LogP contribution is 2.26. The normalized spacial score (nSPS) is 10.8. The average molecular weight is 437 g/mol. The number of carbonyl (C=O) groups excluding carboxylic acids is 1. The second-order valence-corrected chi connectivity index (χ2v) is 7.07. The first-order chi connectivity index (χ1) is 13.6. The van der Waals surface area contributed by atoms with E-state index in [0.29, 0.717) is 23.7 Å². The van der Waals surface area contributed by atoms with Crippen molar-refractivity contribution >= 4 is 32.9 Å². The summed E-state index contributed by atoms with van der Waals surface area (Å²) in [6.45, 7) is 0.427. The minimum atomic E-state index is -0.147. The number of aromatic nitrogens is 1. The lowest BCUT2D eigenvalue weighted by molar-refractivity contribution is 0.0951. The molecule has 0 radical (unpaired) electrons. The number of nitrogens with one attached hydrogen (secondary N) is 1. The summed E-state index contributed by atoms with van der Waals surface area (Å²) < 4.78 is 11.7. The van der Waals surface area contributed by atoms with E-state index >= 15 is 0 Å². The van der Waals surface area contributed by atoms with Gasteiger partial charge in [-0.1, -0.05) is 24.3 Å². The van der Waals surface area contributed by atoms with Gasteiger partial charge in [-0.05, 0) is 64.0 Å². The third kappa shape index (κ3) is 3.77. The van der Waals surface area contributed by atoms with Crippen molar-refractivity contribution < 1.29 is 13.9 Å². The molecule has 3 aromatic carbocycles. The first kappa shape index (κ1) is 18.3. The smallest absolute Gasteiger partial charge is 0.251 e. The van der Waals surface area contributed by atoms with E-state index in [0.717, 1.165) is 26.7 Å². The summed E-state index contributed by atoms with van der Waals surface area (Å²) in [5.74, 6) is 1.12. The van der Waals surface area contributed by atoms with Gasteiger partial charge in [0.1, 0.15) is 11.3 Å². The maximum atomic E-state index is 12.4. The molecular weight excluding hydrogens is 420 g/mol. The zero-order valence-electron chi connectivity index (χ0n) is 15.1. The third-order valence-corrected chi connectivity index (χ3v) is 4.98. The molecule has 0 aliphatic rings. The van der Waals surface area contributed by atoms with Crippen LogP contribution in [0, 0.1) is 0 Å². The Kier molecular flexibility index (Phi) is 5.12. The van der Waals surface area contributed by atoms with Crippen LogP contribution in [0.4, 0.5) is 0 Å². The highest BCUT2D eigenvalue weighted by molar-refractivity contribution is 9.10. The molecule has 0 fully saturated rings. The van der Waals surface area contributed by atoms with Crippen LogP contribution in [0.25, 0.3) is 22.6 Å². The third-order valence-electron chi connectivity index (χ3n) is 4.36. The summed E-state index contributed by atoms with van der Waals surface area (Å²) in [5.41, 5.74) is 4.04. The van der Waals surface area contributed by atoms with Crippen molar-refractivity contribution in [3.63, 3.8) is 0 Å². The Bertz CT molecular complexity index is 1100. The molecule has 1 N–H and O–H groups in total. The molecule has 0 aliphatic heterocycles. The Morgan fingerprint density at radius 2 is 1.89 bits per heavy atom. The van der Waals surface area contributed by atoms with Crippen molar-refractivity contribution in [1.82, 2.24) is 10.3 Å². The van der Waals surface area contributed by atoms with Crippen LogP contribution >= 0.6 is 15.9 Å². The van der Waals surface area contributed by atoms with E-state index < -0.39 is 0 Å². The number of nitrogens with zero attached hydrogens (tertiary/aromatic N) is 1. The van der Waals surface area contributed by atoms with Gasteiger partial charge in [-0.25, -0.2) is 4.98 Å². The number of benzene rings is 3. The lowest BCUT2D eigenvalue weighted by Crippen LogP contribution is -2.22. The van der Waals surface area contributed by atoms with E-state index in [1.807, 2.05) is 48.5 Å². The van der Waals surface area contributed by atoms with Gasteiger partial charge in [-0.3, -0.25) is 4.79 Å². The number of oxazole rings is 1. The van der Waals surface area contributed by atoms with E-state index in [4.69, 9.17) is 9.15 Å². The second kappa shape index (κ2) is 7.86. The number of fused-ring (bicyclic) bond motifs is 1. The minimum Gasteiger partial charge on any atom is -0.496 e. The quantitative estimate of drug-likeness (QED) is 0.467. The summed E-state index contributed by atoms with van der Waals surface area (Å²) in [4.78, 5) is 16.9. The molecule has 1 amide bonds. The van der Waals surface area contributed by atoms with Crippen LogP contribution in [0.1, 0.15) is 15.9 Å². The van der Waals surface area contributed by atoms with Crippen LogP contribution in [0.2, 0.25) is 0 Å². The van der Waals surface area contributed by atoms with Crippen molar-refractivity contribution in [1.29, 1.82) is 0 Å². The lowest BCUT2D eigenvalue weighted by Gasteiger charge is -2.08. The van der Waals surface area contributed by atoms with Crippen LogP contribution in [-0.4, -0.2) is 18.0 Å². The molecule has 5 nitrogen and oxygen atoms in total. The van der Waals surface area contributed by atoms with Gasteiger partial charge >= 0.3 is 0 Å². The fraction of sp³-hybridized carbons (Fsp3) is 0.0909. The number of amides is 1. The summed E-state index contributed by atoms with van der Waals surface area (Å²) in [7, 11) is 1.59. The molecule has 4 aromatic rings. The minimum absolute atomic E-state index is 0.147. The van der Waals surface area contributed by atoms with Crippen molar-refractivity contribution in [2.24, 2.45) is 0 Å². The summed E-state index contributed by atoms with van der Waals surface area (Å²) in [6, 6.07) is 20.7. The van der Waals surface area contributed by atoms with E-state index in [2.05, 4.69) is 26.2 Å². The van der Waals surface area contributed by atoms with Crippen LogP contribution in [0.3, 0.4) is 0 Å². The van der Waals surface area contributed by atoms with Gasteiger partial charge in [0.2, 0.25) is 5.89 Å². The SMILES string of the molecule is COc1ccc(C(=O)NCc2ccc(-c3nc4ccccc4o3)cc2)cc1Br. The van der Waals surface area contributed by atoms with Crippen LogP contribution in [0.15, 0.2) is 75.6 Å². The molecule has 0 unspecified atom stereocenters. The first-order valence-electron chi connectivity index (χ1n) is 8.70. The van der Waals surface area contributed by atoms with Gasteiger partial charge in [0.25, 0.3) is 5.91 Å². The number of halogens is 1. The standard InChI is InChI=1S/C22H17BrN2O3/c1-27-19-11-10-16(12-17(19)23)21(26)24-13-14-6-8-15(9-7-14)22-25-18-4-2-3-5-20(18)28-22/h2-12H,13H2,1H3,(H,24,26). The molecular formula is C22H17BrN2O3. The number of rotatable bonds is 5. The van der Waals surface area contributed by atoms with Crippen molar-refractivity contribution in [2.75, 3.05) is 7.11 Å². The average Bonchev–Trinajstić information content (AvgIpc) is 3.16. The number of hydrogen-bond acceptors (Lipinski definition) is 4. The predicted molar refractivity (Wildman–Crippen MR) is 111 cm³/mol. The van der Waals surface area contributed by atoms with Crippen molar-refractivity contribution in [2.45, 2.75) is 6.54 Å². The monoisotopic (exact) mass is 436 g/mol. The summed E-state index contributed by atoms with van der Waals surface area (Å²) in [5, 5.41) is 2.92. The van der Waals surface area contributed by atoms with Gasteiger partial charge in [0.15, 0.2) is 5.58 Å². The maximum Gasteiger partial charge on any atom is 0.251 e. The molecule has 4 rings (SSSR count). The molecule has 28 heavy (non-hydrogen) atoms. The number of para-hydroxylation sites is 2. The van der Waals surface area contributed by atoms with Crippen LogP contribution < -0.4 is 10.1 Å². The summed E-state index contributed by atoms with van der Waals surface area (Å²) in [6.07, 6.45) is 0. The largest absolute Gasteiger partial charge is 0.496 e. The molecule has 0 spiro atoms. The van der Waals surface area contributed by atoms with Gasteiger partial charge in [0, 0.05) is 17.7 Å². The first-order valence-corrected chi connectivity index (χ1v) is 9.50. The van der Waals surface area contributed by atoms with Crippen LogP contribution in [-0.2, 0) is 6.54 Å². The van der Waals surface area contributed by atoms with Crippen LogP contribution in [0.5, 0.6) is 5.75 Å². The van der Waals surface area contributed by atoms with E-state index in [-0.39, 0.29) is 5.91 Å². The number of carbonyl (C=O) groups is 1. The lowest BCUT2D eigenvalue weighted by atomic mass is 10.1. The molecule has 0 saturated heterocycles. The molecule has 0 bridgehead atoms. The molecule has 6 heteroatoms. The molecule has 1 aromatic heterocycles. The van der Waals surface area contributed by atoms with Gasteiger partial charge in [-0.15, -0.1) is 0 Å². The van der Waals surface area contributed by atoms with Gasteiger partial charge in [-0.2, -0.15) is 0 Å². The summed E-state index contributed by atoms with van der Waals surface area (Å²) >= 11 is 3.39. The fourth-order valence-corrected chi connectivity index (χ4v) is 3.39. The Morgan fingerprint density at radius 3 is 2.61 bits per heavy atom. The number of methoxy groups -OCH3 is 1.